The lowest BCUT2D eigenvalue weighted by atomic mass is 9.92. The Kier molecular flexibility index (Phi) is 5.98. The molecule has 122 valence electrons. The summed E-state index contributed by atoms with van der Waals surface area (Å²) in [6.07, 6.45) is 4.41. The molecular weight excluding hydrogens is 276 g/mol. The zero-order chi connectivity index (χ0) is 16.1. The highest BCUT2D eigenvalue weighted by molar-refractivity contribution is 5.83. The molecule has 1 atom stereocenters. The summed E-state index contributed by atoms with van der Waals surface area (Å²) in [6.45, 7) is 2.06. The zero-order valence-electron chi connectivity index (χ0n) is 14.1. The normalized spacial score (nSPS) is 23.3. The maximum atomic E-state index is 12.7. The number of hydrogen-bond acceptors (Lipinski definition) is 3. The van der Waals surface area contributed by atoms with Crippen LogP contribution in [0.5, 0.6) is 0 Å². The van der Waals surface area contributed by atoms with Crippen molar-refractivity contribution in [1.29, 1.82) is 0 Å². The van der Waals surface area contributed by atoms with Gasteiger partial charge in [0.25, 0.3) is 0 Å². The van der Waals surface area contributed by atoms with Gasteiger partial charge in [-0.3, -0.25) is 9.69 Å². The van der Waals surface area contributed by atoms with Crippen LogP contribution in [0, 0.1) is 6.92 Å². The number of rotatable bonds is 5. The van der Waals surface area contributed by atoms with Crippen molar-refractivity contribution in [1.82, 2.24) is 10.2 Å². The molecule has 0 aliphatic heterocycles. The van der Waals surface area contributed by atoms with Gasteiger partial charge in [-0.05, 0) is 52.3 Å². The molecule has 2 rings (SSSR count). The minimum Gasteiger partial charge on any atom is -0.381 e. The van der Waals surface area contributed by atoms with Gasteiger partial charge in [0.05, 0.1) is 6.10 Å². The molecule has 1 aliphatic carbocycles. The van der Waals surface area contributed by atoms with E-state index in [1.54, 1.807) is 7.11 Å². The summed E-state index contributed by atoms with van der Waals surface area (Å²) in [5.41, 5.74) is 2.25. The molecule has 4 nitrogen and oxygen atoms in total. The minimum absolute atomic E-state index is 0.0923. The third kappa shape index (κ3) is 4.31. The highest BCUT2D eigenvalue weighted by Crippen LogP contribution is 2.23. The molecule has 4 heteroatoms. The maximum absolute atomic E-state index is 12.7. The topological polar surface area (TPSA) is 41.6 Å². The number of ether oxygens (including phenoxy) is 1. The summed E-state index contributed by atoms with van der Waals surface area (Å²) in [5.74, 6) is 0.0923. The molecule has 0 heterocycles. The highest BCUT2D eigenvalue weighted by atomic mass is 16.5. The van der Waals surface area contributed by atoms with Gasteiger partial charge in [-0.25, -0.2) is 0 Å². The zero-order valence-corrected chi connectivity index (χ0v) is 14.1. The van der Waals surface area contributed by atoms with E-state index in [4.69, 9.17) is 4.74 Å². The first-order valence-electron chi connectivity index (χ1n) is 8.07. The molecule has 0 spiro atoms. The molecule has 1 N–H and O–H groups in total. The molecule has 1 aromatic rings. The molecule has 22 heavy (non-hydrogen) atoms. The summed E-state index contributed by atoms with van der Waals surface area (Å²) < 4.78 is 5.39. The Morgan fingerprint density at radius 3 is 2.27 bits per heavy atom. The minimum atomic E-state index is -0.235. The molecule has 1 aliphatic rings. The SMILES string of the molecule is COC1CCC(NC(=O)C(c2ccc(C)cc2)N(C)C)CC1. The van der Waals surface area contributed by atoms with Crippen molar-refractivity contribution in [2.24, 2.45) is 0 Å². The van der Waals surface area contributed by atoms with Crippen LogP contribution in [-0.2, 0) is 9.53 Å². The Hall–Kier alpha value is -1.39. The van der Waals surface area contributed by atoms with E-state index in [9.17, 15) is 4.79 Å². The smallest absolute Gasteiger partial charge is 0.242 e. The van der Waals surface area contributed by atoms with E-state index in [1.165, 1.54) is 5.56 Å². The molecule has 1 fully saturated rings. The fourth-order valence-corrected chi connectivity index (χ4v) is 3.16. The van der Waals surface area contributed by atoms with E-state index in [2.05, 4.69) is 24.4 Å². The van der Waals surface area contributed by atoms with Crippen LogP contribution in [0.25, 0.3) is 0 Å². The average molecular weight is 304 g/mol. The number of amides is 1. The van der Waals surface area contributed by atoms with E-state index in [-0.39, 0.29) is 18.0 Å². The average Bonchev–Trinajstić information content (AvgIpc) is 2.50. The first-order chi connectivity index (χ1) is 10.5. The van der Waals surface area contributed by atoms with Crippen LogP contribution in [0.3, 0.4) is 0 Å². The first-order valence-corrected chi connectivity index (χ1v) is 8.07. The fourth-order valence-electron chi connectivity index (χ4n) is 3.16. The Bertz CT molecular complexity index is 476. The Morgan fingerprint density at radius 1 is 1.18 bits per heavy atom. The van der Waals surface area contributed by atoms with Crippen LogP contribution >= 0.6 is 0 Å². The second-order valence-electron chi connectivity index (χ2n) is 6.49. The summed E-state index contributed by atoms with van der Waals surface area (Å²) in [4.78, 5) is 14.7. The lowest BCUT2D eigenvalue weighted by Crippen LogP contribution is -2.44. The number of nitrogens with zero attached hydrogens (tertiary/aromatic N) is 1. The summed E-state index contributed by atoms with van der Waals surface area (Å²) >= 11 is 0. The van der Waals surface area contributed by atoms with Crippen molar-refractivity contribution < 1.29 is 9.53 Å². The quantitative estimate of drug-likeness (QED) is 0.909. The van der Waals surface area contributed by atoms with Crippen LogP contribution in [0.4, 0.5) is 0 Å². The Morgan fingerprint density at radius 2 is 1.77 bits per heavy atom. The van der Waals surface area contributed by atoms with Crippen molar-refractivity contribution in [2.75, 3.05) is 21.2 Å². The van der Waals surface area contributed by atoms with Gasteiger partial charge in [0.15, 0.2) is 0 Å². The number of methoxy groups -OCH3 is 1. The monoisotopic (exact) mass is 304 g/mol. The van der Waals surface area contributed by atoms with Gasteiger partial charge in [0.2, 0.25) is 5.91 Å². The molecule has 0 radical (unpaired) electrons. The molecular formula is C18H28N2O2. The Balaban J connectivity index is 2.00. The number of carbonyl (C=O) groups excluding carboxylic acids is 1. The van der Waals surface area contributed by atoms with Crippen LogP contribution < -0.4 is 5.32 Å². The third-order valence-corrected chi connectivity index (χ3v) is 4.51. The van der Waals surface area contributed by atoms with E-state index in [0.717, 1.165) is 31.2 Å². The predicted molar refractivity (Wildman–Crippen MR) is 88.8 cm³/mol. The summed E-state index contributed by atoms with van der Waals surface area (Å²) in [5, 5.41) is 3.22. The first kappa shape index (κ1) is 17.0. The largest absolute Gasteiger partial charge is 0.381 e. The van der Waals surface area contributed by atoms with Gasteiger partial charge in [-0.2, -0.15) is 0 Å². The lowest BCUT2D eigenvalue weighted by Gasteiger charge is -2.31. The number of aryl methyl sites for hydroxylation is 1. The van der Waals surface area contributed by atoms with Crippen molar-refractivity contribution >= 4 is 5.91 Å². The van der Waals surface area contributed by atoms with Crippen molar-refractivity contribution in [3.8, 4) is 0 Å². The van der Waals surface area contributed by atoms with E-state index in [1.807, 2.05) is 31.1 Å². The second-order valence-corrected chi connectivity index (χ2v) is 6.49. The number of hydrogen-bond donors (Lipinski definition) is 1. The van der Waals surface area contributed by atoms with Crippen molar-refractivity contribution in [3.63, 3.8) is 0 Å². The van der Waals surface area contributed by atoms with Crippen LogP contribution in [0.15, 0.2) is 24.3 Å². The highest BCUT2D eigenvalue weighted by Gasteiger charge is 2.27. The fraction of sp³-hybridized carbons (Fsp3) is 0.611. The van der Waals surface area contributed by atoms with Gasteiger partial charge in [-0.15, -0.1) is 0 Å². The van der Waals surface area contributed by atoms with E-state index >= 15 is 0 Å². The number of benzene rings is 1. The number of carbonyl (C=O) groups is 1. The molecule has 0 aromatic heterocycles. The summed E-state index contributed by atoms with van der Waals surface area (Å²) in [6, 6.07) is 8.24. The van der Waals surface area contributed by atoms with Gasteiger partial charge >= 0.3 is 0 Å². The molecule has 0 bridgehead atoms. The van der Waals surface area contributed by atoms with Gasteiger partial charge in [0.1, 0.15) is 6.04 Å². The third-order valence-electron chi connectivity index (χ3n) is 4.51. The number of nitrogens with one attached hydrogen (secondary N) is 1. The molecule has 1 aromatic carbocycles. The van der Waals surface area contributed by atoms with Crippen LogP contribution in [-0.4, -0.2) is 44.2 Å². The molecule has 1 saturated carbocycles. The maximum Gasteiger partial charge on any atom is 0.242 e. The van der Waals surface area contributed by atoms with Crippen molar-refractivity contribution in [2.45, 2.75) is 50.8 Å². The number of likely N-dealkylation sites (N-methyl/N-ethyl adjacent to an activating group) is 1. The van der Waals surface area contributed by atoms with E-state index < -0.39 is 0 Å². The van der Waals surface area contributed by atoms with Gasteiger partial charge in [-0.1, -0.05) is 29.8 Å². The molecule has 1 amide bonds. The Labute approximate surface area is 133 Å². The second kappa shape index (κ2) is 7.75. The van der Waals surface area contributed by atoms with Crippen molar-refractivity contribution in [3.05, 3.63) is 35.4 Å². The summed E-state index contributed by atoms with van der Waals surface area (Å²) in [7, 11) is 5.67. The lowest BCUT2D eigenvalue weighted by molar-refractivity contribution is -0.126. The van der Waals surface area contributed by atoms with Gasteiger partial charge < -0.3 is 10.1 Å². The molecule has 1 unspecified atom stereocenters. The van der Waals surface area contributed by atoms with Gasteiger partial charge in [0, 0.05) is 13.2 Å². The molecule has 0 saturated heterocycles. The van der Waals surface area contributed by atoms with E-state index in [0.29, 0.717) is 6.10 Å². The van der Waals surface area contributed by atoms with Crippen LogP contribution in [0.2, 0.25) is 0 Å². The van der Waals surface area contributed by atoms with Crippen LogP contribution in [0.1, 0.15) is 42.9 Å². The predicted octanol–water partition coefficient (Wildman–Crippen LogP) is 2.67. The standard InChI is InChI=1S/C18H28N2O2/c1-13-5-7-14(8-6-13)17(20(2)3)18(21)19-15-9-11-16(22-4)12-10-15/h5-8,15-17H,9-12H2,1-4H3,(H,19,21).